The molecule has 0 aliphatic carbocycles. The molecule has 0 spiro atoms. The number of hydrogen-bond donors (Lipinski definition) is 2. The summed E-state index contributed by atoms with van der Waals surface area (Å²) in [7, 11) is 0. The normalized spacial score (nSPS) is 18.0. The maximum Gasteiger partial charge on any atom is 0.141 e. The van der Waals surface area contributed by atoms with Crippen LogP contribution in [0.4, 0.5) is 15.8 Å². The number of hydrazine groups is 1. The van der Waals surface area contributed by atoms with Crippen molar-refractivity contribution in [3.63, 3.8) is 0 Å². The van der Waals surface area contributed by atoms with E-state index < -0.39 is 5.82 Å². The van der Waals surface area contributed by atoms with Crippen LogP contribution in [-0.2, 0) is 6.54 Å². The van der Waals surface area contributed by atoms with E-state index in [1.165, 1.54) is 6.07 Å². The molecule has 0 unspecified atom stereocenters. The first-order valence-electron chi connectivity index (χ1n) is 8.74. The van der Waals surface area contributed by atoms with Gasteiger partial charge < -0.3 is 16.1 Å². The Morgan fingerprint density at radius 3 is 2.81 bits per heavy atom. The van der Waals surface area contributed by atoms with Crippen molar-refractivity contribution in [2.45, 2.75) is 25.4 Å². The summed E-state index contributed by atoms with van der Waals surface area (Å²) in [6.07, 6.45) is 9.83. The number of fused-ring (bicyclic) bond motifs is 1. The van der Waals surface area contributed by atoms with Gasteiger partial charge in [-0.15, -0.1) is 0 Å². The number of aromatic nitrogens is 1. The van der Waals surface area contributed by atoms with Crippen molar-refractivity contribution in [3.05, 3.63) is 58.8 Å². The van der Waals surface area contributed by atoms with Crippen molar-refractivity contribution in [3.8, 4) is 0 Å². The van der Waals surface area contributed by atoms with E-state index in [0.29, 0.717) is 6.04 Å². The van der Waals surface area contributed by atoms with Crippen molar-refractivity contribution < 1.29 is 4.39 Å². The van der Waals surface area contributed by atoms with Gasteiger partial charge in [-0.05, 0) is 37.1 Å². The average molecular weight is 374 g/mol. The van der Waals surface area contributed by atoms with Gasteiger partial charge in [-0.1, -0.05) is 11.6 Å². The Bertz CT molecular complexity index is 833. The molecule has 7 heteroatoms. The van der Waals surface area contributed by atoms with Crippen LogP contribution in [0.1, 0.15) is 24.0 Å². The number of nitrogens with zero attached hydrogens (tertiary/aromatic N) is 3. The average Bonchev–Trinajstić information content (AvgIpc) is 2.65. The Balaban J connectivity index is 1.56. The summed E-state index contributed by atoms with van der Waals surface area (Å²) in [6, 6.07) is 4.91. The second-order valence-corrected chi connectivity index (χ2v) is 7.12. The van der Waals surface area contributed by atoms with Crippen molar-refractivity contribution >= 4 is 29.1 Å². The highest BCUT2D eigenvalue weighted by atomic mass is 35.5. The van der Waals surface area contributed by atoms with Gasteiger partial charge in [-0.25, -0.2) is 9.40 Å². The summed E-state index contributed by atoms with van der Waals surface area (Å²) in [4.78, 5) is 4.31. The molecule has 3 heterocycles. The molecule has 1 aromatic heterocycles. The molecule has 0 atom stereocenters. The van der Waals surface area contributed by atoms with Crippen LogP contribution >= 0.6 is 11.6 Å². The SMILES string of the molecule is NC1CCN(N2C=Cc3cncc(Nc4ccc(F)c(Cl)c4)c3C2)CC1. The molecule has 136 valence electrons. The quantitative estimate of drug-likeness (QED) is 0.858. The molecule has 1 aromatic carbocycles. The summed E-state index contributed by atoms with van der Waals surface area (Å²) in [5, 5.41) is 7.98. The van der Waals surface area contributed by atoms with Crippen LogP contribution in [-0.4, -0.2) is 34.1 Å². The molecule has 0 saturated carbocycles. The largest absolute Gasteiger partial charge is 0.354 e. The third-order valence-electron chi connectivity index (χ3n) is 4.92. The number of hydrogen-bond acceptors (Lipinski definition) is 5. The summed E-state index contributed by atoms with van der Waals surface area (Å²) in [5.41, 5.74) is 9.87. The first-order chi connectivity index (χ1) is 12.6. The van der Waals surface area contributed by atoms with Gasteiger partial charge in [0.25, 0.3) is 0 Å². The molecular weight excluding hydrogens is 353 g/mol. The molecule has 1 saturated heterocycles. The number of anilines is 2. The van der Waals surface area contributed by atoms with Gasteiger partial charge in [-0.3, -0.25) is 4.98 Å². The first-order valence-corrected chi connectivity index (χ1v) is 9.12. The standard InChI is InChI=1S/C19H21ClFN5/c20-17-9-15(1-2-18(17)21)24-19-11-23-10-13-3-6-26(12-16(13)19)25-7-4-14(22)5-8-25/h1-3,6,9-11,14,24H,4-5,7-8,12,22H2. The molecule has 2 aromatic rings. The third kappa shape index (κ3) is 3.53. The van der Waals surface area contributed by atoms with Gasteiger partial charge >= 0.3 is 0 Å². The summed E-state index contributed by atoms with van der Waals surface area (Å²) in [6.45, 7) is 2.67. The Morgan fingerprint density at radius 2 is 2.04 bits per heavy atom. The fourth-order valence-corrected chi connectivity index (χ4v) is 3.56. The van der Waals surface area contributed by atoms with Gasteiger partial charge in [0.05, 0.1) is 23.5 Å². The molecule has 4 rings (SSSR count). The number of piperidine rings is 1. The molecule has 1 fully saturated rings. The molecule has 0 amide bonds. The molecule has 2 aliphatic rings. The van der Waals surface area contributed by atoms with Gasteiger partial charge in [-0.2, -0.15) is 0 Å². The zero-order valence-electron chi connectivity index (χ0n) is 14.3. The number of rotatable bonds is 3. The van der Waals surface area contributed by atoms with Crippen LogP contribution in [0.2, 0.25) is 5.02 Å². The van der Waals surface area contributed by atoms with E-state index in [1.54, 1.807) is 18.3 Å². The van der Waals surface area contributed by atoms with Crippen LogP contribution in [0.25, 0.3) is 6.08 Å². The summed E-state index contributed by atoms with van der Waals surface area (Å²) < 4.78 is 13.4. The highest BCUT2D eigenvalue weighted by Gasteiger charge is 2.23. The number of pyridine rings is 1. The second-order valence-electron chi connectivity index (χ2n) is 6.71. The summed E-state index contributed by atoms with van der Waals surface area (Å²) in [5.74, 6) is -0.428. The molecule has 5 nitrogen and oxygen atoms in total. The summed E-state index contributed by atoms with van der Waals surface area (Å²) >= 11 is 5.89. The Labute approximate surface area is 157 Å². The van der Waals surface area contributed by atoms with Crippen LogP contribution in [0.15, 0.2) is 36.8 Å². The van der Waals surface area contributed by atoms with Gasteiger partial charge in [0, 0.05) is 48.3 Å². The van der Waals surface area contributed by atoms with E-state index in [2.05, 4.69) is 32.6 Å². The number of nitrogens with two attached hydrogens (primary N) is 1. The first kappa shape index (κ1) is 17.3. The predicted octanol–water partition coefficient (Wildman–Crippen LogP) is 3.74. The topological polar surface area (TPSA) is 57.4 Å². The number of halogens is 2. The molecule has 2 aliphatic heterocycles. The zero-order chi connectivity index (χ0) is 18.1. The second kappa shape index (κ2) is 7.23. The van der Waals surface area contributed by atoms with Crippen LogP contribution in [0.3, 0.4) is 0 Å². The number of benzene rings is 1. The molecule has 26 heavy (non-hydrogen) atoms. The van der Waals surface area contributed by atoms with Gasteiger partial charge in [0.1, 0.15) is 5.82 Å². The molecule has 0 radical (unpaired) electrons. The zero-order valence-corrected chi connectivity index (χ0v) is 15.1. The highest BCUT2D eigenvalue weighted by molar-refractivity contribution is 6.31. The van der Waals surface area contributed by atoms with Gasteiger partial charge in [0.2, 0.25) is 0 Å². The van der Waals surface area contributed by atoms with Crippen molar-refractivity contribution in [2.75, 3.05) is 18.4 Å². The minimum Gasteiger partial charge on any atom is -0.354 e. The maximum atomic E-state index is 13.4. The lowest BCUT2D eigenvalue weighted by atomic mass is 10.0. The van der Waals surface area contributed by atoms with E-state index in [0.717, 1.165) is 55.0 Å². The van der Waals surface area contributed by atoms with Gasteiger partial charge in [0.15, 0.2) is 0 Å². The minimum atomic E-state index is -0.428. The van der Waals surface area contributed by atoms with E-state index in [1.807, 2.05) is 6.20 Å². The molecule has 3 N–H and O–H groups in total. The van der Waals surface area contributed by atoms with E-state index in [4.69, 9.17) is 17.3 Å². The van der Waals surface area contributed by atoms with Crippen LogP contribution in [0.5, 0.6) is 0 Å². The predicted molar refractivity (Wildman–Crippen MR) is 102 cm³/mol. The van der Waals surface area contributed by atoms with E-state index in [-0.39, 0.29) is 5.02 Å². The Kier molecular flexibility index (Phi) is 4.80. The fourth-order valence-electron chi connectivity index (χ4n) is 3.38. The smallest absolute Gasteiger partial charge is 0.141 e. The number of nitrogens with one attached hydrogen (secondary N) is 1. The lowest BCUT2D eigenvalue weighted by Gasteiger charge is -2.40. The lowest BCUT2D eigenvalue weighted by Crippen LogP contribution is -2.47. The van der Waals surface area contributed by atoms with Crippen molar-refractivity contribution in [1.82, 2.24) is 15.0 Å². The van der Waals surface area contributed by atoms with Crippen LogP contribution in [0, 0.1) is 5.82 Å². The lowest BCUT2D eigenvalue weighted by molar-refractivity contribution is -0.00723. The Morgan fingerprint density at radius 1 is 1.23 bits per heavy atom. The van der Waals surface area contributed by atoms with Crippen molar-refractivity contribution in [2.24, 2.45) is 5.73 Å². The Hall–Kier alpha value is -2.15. The highest BCUT2D eigenvalue weighted by Crippen LogP contribution is 2.30. The monoisotopic (exact) mass is 373 g/mol. The van der Waals surface area contributed by atoms with E-state index >= 15 is 0 Å². The maximum absolute atomic E-state index is 13.4. The molecule has 0 bridgehead atoms. The minimum absolute atomic E-state index is 0.0962. The third-order valence-corrected chi connectivity index (χ3v) is 5.20. The van der Waals surface area contributed by atoms with Crippen molar-refractivity contribution in [1.29, 1.82) is 0 Å². The molecular formula is C19H21ClFN5. The van der Waals surface area contributed by atoms with Crippen LogP contribution < -0.4 is 11.1 Å². The fraction of sp³-hybridized carbons (Fsp3) is 0.316. The van der Waals surface area contributed by atoms with E-state index in [9.17, 15) is 4.39 Å².